The first kappa shape index (κ1) is 20.8. The lowest BCUT2D eigenvalue weighted by Gasteiger charge is -2.13. The van der Waals surface area contributed by atoms with E-state index in [1.165, 1.54) is 19.6 Å². The van der Waals surface area contributed by atoms with Gasteiger partial charge in [0.15, 0.2) is 11.5 Å². The van der Waals surface area contributed by atoms with E-state index in [4.69, 9.17) is 15.2 Å². The van der Waals surface area contributed by atoms with Gasteiger partial charge < -0.3 is 20.5 Å². The maximum Gasteiger partial charge on any atom is 0.255 e. The average molecular weight is 406 g/mol. The molecule has 0 fully saturated rings. The fourth-order valence-corrected chi connectivity index (χ4v) is 2.77. The number of hydrogen-bond donors (Lipinski definition) is 2. The van der Waals surface area contributed by atoms with Gasteiger partial charge in [0.05, 0.1) is 7.11 Å². The van der Waals surface area contributed by atoms with Crippen LogP contribution in [0.4, 0.5) is 0 Å². The van der Waals surface area contributed by atoms with Gasteiger partial charge in [-0.25, -0.2) is 9.97 Å². The highest BCUT2D eigenvalue weighted by atomic mass is 16.5. The molecule has 0 bridgehead atoms. The third kappa shape index (κ3) is 5.54. The summed E-state index contributed by atoms with van der Waals surface area (Å²) in [6, 6.07) is 15.0. The topological polar surface area (TPSA) is 116 Å². The molecule has 0 aliphatic rings. The van der Waals surface area contributed by atoms with Gasteiger partial charge in [0.1, 0.15) is 11.9 Å². The first-order valence-corrected chi connectivity index (χ1v) is 9.32. The smallest absolute Gasteiger partial charge is 0.255 e. The van der Waals surface area contributed by atoms with Crippen molar-refractivity contribution in [3.63, 3.8) is 0 Å². The number of amides is 2. The van der Waals surface area contributed by atoms with E-state index in [0.29, 0.717) is 30.9 Å². The predicted octanol–water partition coefficient (Wildman–Crippen LogP) is 2.63. The standard InChI is InChI=1S/C22H22N4O4/c1-29-18-9-7-15(8-10-20(27)25-12-16-5-3-2-4-6-16)11-19(18)30-22-17(21(23)28)13-24-14-26-22/h2-7,9,11,13-14H,8,10,12H2,1H3,(H2,23,28)(H,25,27). The van der Waals surface area contributed by atoms with Crippen LogP contribution in [-0.2, 0) is 17.8 Å². The van der Waals surface area contributed by atoms with Crippen molar-refractivity contribution in [3.05, 3.63) is 77.7 Å². The van der Waals surface area contributed by atoms with E-state index >= 15 is 0 Å². The summed E-state index contributed by atoms with van der Waals surface area (Å²) in [5.74, 6) is 0.107. The SMILES string of the molecule is COc1ccc(CCC(=O)NCc2ccccc2)cc1Oc1ncncc1C(N)=O. The van der Waals surface area contributed by atoms with Crippen LogP contribution in [0.15, 0.2) is 61.1 Å². The lowest BCUT2D eigenvalue weighted by Crippen LogP contribution is -2.22. The number of nitrogens with two attached hydrogens (primary N) is 1. The van der Waals surface area contributed by atoms with E-state index in [0.717, 1.165) is 11.1 Å². The summed E-state index contributed by atoms with van der Waals surface area (Å²) in [6.45, 7) is 0.486. The van der Waals surface area contributed by atoms with Crippen LogP contribution in [0.2, 0.25) is 0 Å². The zero-order valence-electron chi connectivity index (χ0n) is 16.5. The number of nitrogens with zero attached hydrogens (tertiary/aromatic N) is 2. The summed E-state index contributed by atoms with van der Waals surface area (Å²) in [5, 5.41) is 2.90. The fraction of sp³-hybridized carbons (Fsp3) is 0.182. The Morgan fingerprint density at radius 1 is 1.07 bits per heavy atom. The largest absolute Gasteiger partial charge is 0.493 e. The number of methoxy groups -OCH3 is 1. The highest BCUT2D eigenvalue weighted by Gasteiger charge is 2.15. The zero-order valence-corrected chi connectivity index (χ0v) is 16.5. The van der Waals surface area contributed by atoms with Crippen LogP contribution in [0.25, 0.3) is 0 Å². The molecule has 8 nitrogen and oxygen atoms in total. The van der Waals surface area contributed by atoms with Gasteiger partial charge >= 0.3 is 0 Å². The van der Waals surface area contributed by atoms with Gasteiger partial charge in [0, 0.05) is 19.2 Å². The normalized spacial score (nSPS) is 10.3. The predicted molar refractivity (Wildman–Crippen MR) is 110 cm³/mol. The van der Waals surface area contributed by atoms with E-state index in [-0.39, 0.29) is 17.4 Å². The van der Waals surface area contributed by atoms with E-state index in [1.54, 1.807) is 12.1 Å². The fourth-order valence-electron chi connectivity index (χ4n) is 2.77. The lowest BCUT2D eigenvalue weighted by atomic mass is 10.1. The van der Waals surface area contributed by atoms with Crippen LogP contribution < -0.4 is 20.5 Å². The number of carbonyl (C=O) groups is 2. The van der Waals surface area contributed by atoms with Crippen molar-refractivity contribution in [2.75, 3.05) is 7.11 Å². The molecule has 1 heterocycles. The molecular formula is C22H22N4O4. The molecule has 2 amide bonds. The maximum atomic E-state index is 12.2. The Balaban J connectivity index is 1.66. The van der Waals surface area contributed by atoms with Crippen molar-refractivity contribution in [3.8, 4) is 17.4 Å². The van der Waals surface area contributed by atoms with Gasteiger partial charge in [-0.15, -0.1) is 0 Å². The number of hydrogen-bond acceptors (Lipinski definition) is 6. The Morgan fingerprint density at radius 2 is 1.87 bits per heavy atom. The second-order valence-electron chi connectivity index (χ2n) is 6.46. The number of primary amides is 1. The highest BCUT2D eigenvalue weighted by Crippen LogP contribution is 2.33. The Kier molecular flexibility index (Phi) is 6.94. The van der Waals surface area contributed by atoms with Crippen LogP contribution in [0.3, 0.4) is 0 Å². The van der Waals surface area contributed by atoms with Crippen molar-refractivity contribution in [2.24, 2.45) is 5.73 Å². The van der Waals surface area contributed by atoms with Crippen LogP contribution in [0.1, 0.15) is 27.9 Å². The molecular weight excluding hydrogens is 384 g/mol. The van der Waals surface area contributed by atoms with E-state index < -0.39 is 5.91 Å². The molecule has 3 rings (SSSR count). The molecule has 0 saturated heterocycles. The Hall–Kier alpha value is -3.94. The summed E-state index contributed by atoms with van der Waals surface area (Å²) >= 11 is 0. The van der Waals surface area contributed by atoms with Gasteiger partial charge in [-0.1, -0.05) is 36.4 Å². The Bertz CT molecular complexity index is 1020. The Morgan fingerprint density at radius 3 is 2.60 bits per heavy atom. The minimum atomic E-state index is -0.698. The molecule has 3 N–H and O–H groups in total. The van der Waals surface area contributed by atoms with Crippen LogP contribution in [-0.4, -0.2) is 28.9 Å². The molecule has 30 heavy (non-hydrogen) atoms. The van der Waals surface area contributed by atoms with Crippen LogP contribution >= 0.6 is 0 Å². The Labute approximate surface area is 174 Å². The average Bonchev–Trinajstić information content (AvgIpc) is 2.77. The summed E-state index contributed by atoms with van der Waals surface area (Å²) in [6.07, 6.45) is 3.37. The van der Waals surface area contributed by atoms with Crippen LogP contribution in [0.5, 0.6) is 17.4 Å². The molecule has 0 saturated carbocycles. The van der Waals surface area contributed by atoms with Gasteiger partial charge in [-0.3, -0.25) is 9.59 Å². The molecule has 2 aromatic carbocycles. The number of ether oxygens (including phenoxy) is 2. The second-order valence-corrected chi connectivity index (χ2v) is 6.46. The number of rotatable bonds is 9. The van der Waals surface area contributed by atoms with Crippen molar-refractivity contribution >= 4 is 11.8 Å². The number of benzene rings is 2. The molecule has 3 aromatic rings. The summed E-state index contributed by atoms with van der Waals surface area (Å²) in [4.78, 5) is 31.5. The van der Waals surface area contributed by atoms with Crippen molar-refractivity contribution < 1.29 is 19.1 Å². The first-order valence-electron chi connectivity index (χ1n) is 9.32. The third-order valence-electron chi connectivity index (χ3n) is 4.35. The van der Waals surface area contributed by atoms with Gasteiger partial charge in [-0.2, -0.15) is 0 Å². The summed E-state index contributed by atoms with van der Waals surface area (Å²) in [5.41, 5.74) is 7.32. The first-order chi connectivity index (χ1) is 14.6. The second kappa shape index (κ2) is 10.0. The summed E-state index contributed by atoms with van der Waals surface area (Å²) < 4.78 is 11.1. The van der Waals surface area contributed by atoms with E-state index in [1.807, 2.05) is 36.4 Å². The van der Waals surface area contributed by atoms with Gasteiger partial charge in [0.25, 0.3) is 5.91 Å². The number of nitrogens with one attached hydrogen (secondary N) is 1. The van der Waals surface area contributed by atoms with E-state index in [2.05, 4.69) is 15.3 Å². The van der Waals surface area contributed by atoms with Gasteiger partial charge in [-0.05, 0) is 29.7 Å². The molecule has 0 unspecified atom stereocenters. The molecule has 0 radical (unpaired) electrons. The number of carbonyl (C=O) groups excluding carboxylic acids is 2. The number of aryl methyl sites for hydroxylation is 1. The maximum absolute atomic E-state index is 12.2. The summed E-state index contributed by atoms with van der Waals surface area (Å²) in [7, 11) is 1.51. The van der Waals surface area contributed by atoms with Crippen molar-refractivity contribution in [2.45, 2.75) is 19.4 Å². The number of aromatic nitrogens is 2. The molecule has 0 atom stereocenters. The highest BCUT2D eigenvalue weighted by molar-refractivity contribution is 5.94. The lowest BCUT2D eigenvalue weighted by molar-refractivity contribution is -0.121. The third-order valence-corrected chi connectivity index (χ3v) is 4.35. The molecule has 0 spiro atoms. The molecule has 0 aliphatic carbocycles. The molecule has 0 aliphatic heterocycles. The van der Waals surface area contributed by atoms with E-state index in [9.17, 15) is 9.59 Å². The van der Waals surface area contributed by atoms with Crippen molar-refractivity contribution in [1.82, 2.24) is 15.3 Å². The molecule has 8 heteroatoms. The van der Waals surface area contributed by atoms with Crippen molar-refractivity contribution in [1.29, 1.82) is 0 Å². The zero-order chi connectivity index (χ0) is 21.3. The minimum absolute atomic E-state index is 0.0357. The molecule has 154 valence electrons. The van der Waals surface area contributed by atoms with Gasteiger partial charge in [0.2, 0.25) is 11.8 Å². The minimum Gasteiger partial charge on any atom is -0.493 e. The quantitative estimate of drug-likeness (QED) is 0.564. The molecule has 1 aromatic heterocycles. The monoisotopic (exact) mass is 406 g/mol. The van der Waals surface area contributed by atoms with Crippen LogP contribution in [0, 0.1) is 0 Å².